The molecular formula is C21H20ClFN2O2. The van der Waals surface area contributed by atoms with Crippen LogP contribution in [0.3, 0.4) is 0 Å². The van der Waals surface area contributed by atoms with E-state index in [1.165, 1.54) is 24.0 Å². The van der Waals surface area contributed by atoms with Gasteiger partial charge in [-0.2, -0.15) is 0 Å². The number of carbonyl (C=O) groups is 2. The maximum absolute atomic E-state index is 14.0. The first kappa shape index (κ1) is 19.1. The Morgan fingerprint density at radius 1 is 1.19 bits per heavy atom. The fourth-order valence-electron chi connectivity index (χ4n) is 3.24. The first-order valence-corrected chi connectivity index (χ1v) is 8.99. The summed E-state index contributed by atoms with van der Waals surface area (Å²) in [5, 5.41) is 0.283. The number of carbonyl (C=O) groups excluding carboxylic acids is 2. The first-order valence-electron chi connectivity index (χ1n) is 8.61. The molecule has 27 heavy (non-hydrogen) atoms. The Morgan fingerprint density at radius 3 is 2.63 bits per heavy atom. The lowest BCUT2D eigenvalue weighted by molar-refractivity contribution is -0.134. The second kappa shape index (κ2) is 7.92. The van der Waals surface area contributed by atoms with Crippen molar-refractivity contribution in [2.24, 2.45) is 0 Å². The molecule has 4 nitrogen and oxygen atoms in total. The van der Waals surface area contributed by atoms with Crippen molar-refractivity contribution in [3.63, 3.8) is 0 Å². The molecule has 0 bridgehead atoms. The van der Waals surface area contributed by atoms with Crippen LogP contribution < -0.4 is 0 Å². The smallest absolute Gasteiger partial charge is 0.225 e. The van der Waals surface area contributed by atoms with Gasteiger partial charge in [0, 0.05) is 37.3 Å². The van der Waals surface area contributed by atoms with Gasteiger partial charge in [-0.1, -0.05) is 41.9 Å². The summed E-state index contributed by atoms with van der Waals surface area (Å²) in [5.41, 5.74) is 2.18. The molecule has 6 heteroatoms. The number of benzene rings is 2. The second-order valence-electron chi connectivity index (χ2n) is 6.54. The normalized spacial score (nSPS) is 15.4. The van der Waals surface area contributed by atoms with Gasteiger partial charge in [-0.3, -0.25) is 9.59 Å². The van der Waals surface area contributed by atoms with E-state index in [1.54, 1.807) is 24.2 Å². The van der Waals surface area contributed by atoms with E-state index < -0.39 is 11.9 Å². The summed E-state index contributed by atoms with van der Waals surface area (Å²) in [6.45, 7) is 1.53. The van der Waals surface area contributed by atoms with Gasteiger partial charge in [0.2, 0.25) is 11.8 Å². The van der Waals surface area contributed by atoms with E-state index in [9.17, 15) is 14.0 Å². The van der Waals surface area contributed by atoms with Crippen LogP contribution in [-0.4, -0.2) is 28.7 Å². The molecule has 2 aromatic carbocycles. The van der Waals surface area contributed by atoms with Gasteiger partial charge in [0.1, 0.15) is 5.82 Å². The molecule has 0 saturated heterocycles. The largest absolute Gasteiger partial charge is 0.341 e. The zero-order valence-corrected chi connectivity index (χ0v) is 15.9. The van der Waals surface area contributed by atoms with Gasteiger partial charge in [0.25, 0.3) is 0 Å². The molecule has 2 amide bonds. The molecule has 1 atom stereocenters. The van der Waals surface area contributed by atoms with Crippen LogP contribution in [-0.2, 0) is 16.1 Å². The van der Waals surface area contributed by atoms with Gasteiger partial charge in [0.05, 0.1) is 12.5 Å². The predicted octanol–water partition coefficient (Wildman–Crippen LogP) is 4.40. The third-order valence-corrected chi connectivity index (χ3v) is 5.07. The molecule has 0 saturated carbocycles. The van der Waals surface area contributed by atoms with Crippen molar-refractivity contribution in [3.8, 4) is 0 Å². The maximum Gasteiger partial charge on any atom is 0.225 e. The summed E-state index contributed by atoms with van der Waals surface area (Å²) < 4.78 is 14.0. The van der Waals surface area contributed by atoms with E-state index in [0.29, 0.717) is 0 Å². The number of amides is 2. The summed E-state index contributed by atoms with van der Waals surface area (Å²) in [4.78, 5) is 27.8. The Kier molecular flexibility index (Phi) is 5.61. The molecule has 1 unspecified atom stereocenters. The van der Waals surface area contributed by atoms with Gasteiger partial charge >= 0.3 is 0 Å². The van der Waals surface area contributed by atoms with Crippen LogP contribution >= 0.6 is 11.6 Å². The Balaban J connectivity index is 1.81. The number of rotatable bonds is 4. The topological polar surface area (TPSA) is 40.6 Å². The predicted molar refractivity (Wildman–Crippen MR) is 103 cm³/mol. The van der Waals surface area contributed by atoms with E-state index in [1.807, 2.05) is 30.3 Å². The molecule has 1 aliphatic rings. The summed E-state index contributed by atoms with van der Waals surface area (Å²) in [6.07, 6.45) is 3.67. The molecule has 0 aromatic heterocycles. The van der Waals surface area contributed by atoms with E-state index in [-0.39, 0.29) is 35.4 Å². The number of halogens is 2. The lowest BCUT2D eigenvalue weighted by atomic mass is 9.93. The zero-order chi connectivity index (χ0) is 19.6. The number of hydrogen-bond acceptors (Lipinski definition) is 2. The molecule has 0 N–H and O–H groups in total. The highest BCUT2D eigenvalue weighted by Gasteiger charge is 2.29. The van der Waals surface area contributed by atoms with Crippen molar-refractivity contribution in [2.45, 2.75) is 25.9 Å². The fourth-order valence-corrected chi connectivity index (χ4v) is 3.47. The van der Waals surface area contributed by atoms with Gasteiger partial charge in [-0.05, 0) is 29.3 Å². The standard InChI is InChI=1S/C21H20ClFN2O2/c1-14(26)25-11-10-15-6-3-4-7-16(15)20(25)12-21(27)24(2)13-17-18(22)8-5-9-19(17)23/h3-11,20H,12-13H2,1-2H3. The van der Waals surface area contributed by atoms with Crippen molar-refractivity contribution in [2.75, 3.05) is 7.05 Å². The van der Waals surface area contributed by atoms with Crippen molar-refractivity contribution < 1.29 is 14.0 Å². The number of nitrogens with zero attached hydrogens (tertiary/aromatic N) is 2. The highest BCUT2D eigenvalue weighted by molar-refractivity contribution is 6.31. The summed E-state index contributed by atoms with van der Waals surface area (Å²) in [7, 11) is 1.60. The summed E-state index contributed by atoms with van der Waals surface area (Å²) in [5.74, 6) is -0.785. The quantitative estimate of drug-likeness (QED) is 0.781. The average Bonchev–Trinajstić information content (AvgIpc) is 2.64. The third kappa shape index (κ3) is 4.03. The van der Waals surface area contributed by atoms with Crippen LogP contribution in [0.25, 0.3) is 6.08 Å². The average molecular weight is 387 g/mol. The van der Waals surface area contributed by atoms with Crippen LogP contribution in [0.5, 0.6) is 0 Å². The van der Waals surface area contributed by atoms with Crippen molar-refractivity contribution in [1.82, 2.24) is 9.80 Å². The SMILES string of the molecule is CC(=O)N1C=Cc2ccccc2C1CC(=O)N(C)Cc1c(F)cccc1Cl. The molecule has 140 valence electrons. The highest BCUT2D eigenvalue weighted by atomic mass is 35.5. The zero-order valence-electron chi connectivity index (χ0n) is 15.2. The van der Waals surface area contributed by atoms with Crippen LogP contribution in [0.1, 0.15) is 36.1 Å². The Bertz CT molecular complexity index is 893. The summed E-state index contributed by atoms with van der Waals surface area (Å²) >= 11 is 6.06. The Morgan fingerprint density at radius 2 is 1.93 bits per heavy atom. The molecule has 1 aliphatic heterocycles. The second-order valence-corrected chi connectivity index (χ2v) is 6.95. The highest BCUT2D eigenvalue weighted by Crippen LogP contribution is 2.33. The monoisotopic (exact) mass is 386 g/mol. The van der Waals surface area contributed by atoms with Crippen LogP contribution in [0.4, 0.5) is 4.39 Å². The fraction of sp³-hybridized carbons (Fsp3) is 0.238. The van der Waals surface area contributed by atoms with Crippen LogP contribution in [0.2, 0.25) is 5.02 Å². The van der Waals surface area contributed by atoms with Crippen molar-refractivity contribution >= 4 is 29.5 Å². The molecule has 0 aliphatic carbocycles. The molecule has 1 heterocycles. The minimum atomic E-state index is -0.446. The van der Waals surface area contributed by atoms with Crippen LogP contribution in [0.15, 0.2) is 48.7 Å². The van der Waals surface area contributed by atoms with E-state index in [0.717, 1.165) is 11.1 Å². The maximum atomic E-state index is 14.0. The van der Waals surface area contributed by atoms with Crippen molar-refractivity contribution in [3.05, 3.63) is 76.2 Å². The Hall–Kier alpha value is -2.66. The molecule has 2 aromatic rings. The van der Waals surface area contributed by atoms with E-state index in [2.05, 4.69) is 0 Å². The minimum Gasteiger partial charge on any atom is -0.341 e. The van der Waals surface area contributed by atoms with Crippen LogP contribution in [0, 0.1) is 5.82 Å². The molecule has 3 rings (SSSR count). The lowest BCUT2D eigenvalue weighted by Gasteiger charge is -2.33. The minimum absolute atomic E-state index is 0.0641. The summed E-state index contributed by atoms with van der Waals surface area (Å²) in [6, 6.07) is 11.7. The molecule has 0 radical (unpaired) electrons. The number of fused-ring (bicyclic) bond motifs is 1. The molecule has 0 spiro atoms. The first-order chi connectivity index (χ1) is 12.9. The van der Waals surface area contributed by atoms with E-state index >= 15 is 0 Å². The number of hydrogen-bond donors (Lipinski definition) is 0. The van der Waals surface area contributed by atoms with Gasteiger partial charge in [-0.25, -0.2) is 4.39 Å². The van der Waals surface area contributed by atoms with Crippen molar-refractivity contribution in [1.29, 1.82) is 0 Å². The van der Waals surface area contributed by atoms with Gasteiger partial charge in [-0.15, -0.1) is 0 Å². The molecule has 0 fully saturated rings. The Labute approximate surface area is 162 Å². The molecular weight excluding hydrogens is 367 g/mol. The third-order valence-electron chi connectivity index (χ3n) is 4.72. The van der Waals surface area contributed by atoms with E-state index in [4.69, 9.17) is 11.6 Å². The van der Waals surface area contributed by atoms with Gasteiger partial charge < -0.3 is 9.80 Å². The van der Waals surface area contributed by atoms with Gasteiger partial charge in [0.15, 0.2) is 0 Å². The lowest BCUT2D eigenvalue weighted by Crippen LogP contribution is -2.36.